The highest BCUT2D eigenvalue weighted by molar-refractivity contribution is 6.16. The smallest absolute Gasteiger partial charge is 0.0951 e. The highest BCUT2D eigenvalue weighted by atomic mass is 35.5. The van der Waals surface area contributed by atoms with Crippen molar-refractivity contribution in [3.8, 4) is 0 Å². The molecule has 14 heavy (non-hydrogen) atoms. The van der Waals surface area contributed by atoms with Gasteiger partial charge in [0, 0.05) is 12.2 Å². The SMILES string of the molecule is ClCc1cncn1C1CCCCCC1. The molecule has 2 rings (SSSR count). The van der Waals surface area contributed by atoms with E-state index in [1.54, 1.807) is 0 Å². The van der Waals surface area contributed by atoms with Crippen molar-refractivity contribution >= 4 is 11.6 Å². The molecule has 0 aromatic carbocycles. The zero-order chi connectivity index (χ0) is 9.80. The normalized spacial score (nSPS) is 19.5. The lowest BCUT2D eigenvalue weighted by Crippen LogP contribution is -2.09. The Morgan fingerprint density at radius 3 is 2.64 bits per heavy atom. The average Bonchev–Trinajstić information content (AvgIpc) is 2.52. The van der Waals surface area contributed by atoms with Crippen LogP contribution in [0, 0.1) is 0 Å². The Labute approximate surface area is 90.3 Å². The maximum absolute atomic E-state index is 5.87. The first-order valence-electron chi connectivity index (χ1n) is 5.48. The molecule has 0 atom stereocenters. The number of nitrogens with zero attached hydrogens (tertiary/aromatic N) is 2. The Hall–Kier alpha value is -0.500. The van der Waals surface area contributed by atoms with Gasteiger partial charge in [0.2, 0.25) is 0 Å². The lowest BCUT2D eigenvalue weighted by atomic mass is 10.1. The quantitative estimate of drug-likeness (QED) is 0.542. The van der Waals surface area contributed by atoms with Crippen LogP contribution in [0.15, 0.2) is 12.5 Å². The molecule has 0 radical (unpaired) electrons. The molecular formula is C11H17ClN2. The van der Waals surface area contributed by atoms with Crippen LogP contribution in [-0.2, 0) is 5.88 Å². The Kier molecular flexibility index (Phi) is 3.46. The van der Waals surface area contributed by atoms with E-state index in [0.717, 1.165) is 0 Å². The van der Waals surface area contributed by atoms with Gasteiger partial charge >= 0.3 is 0 Å². The topological polar surface area (TPSA) is 17.8 Å². The number of halogens is 1. The van der Waals surface area contributed by atoms with Crippen LogP contribution in [0.1, 0.15) is 50.3 Å². The number of hydrogen-bond acceptors (Lipinski definition) is 1. The number of rotatable bonds is 2. The number of alkyl halides is 1. The first-order chi connectivity index (χ1) is 6.92. The van der Waals surface area contributed by atoms with E-state index in [-0.39, 0.29) is 0 Å². The molecule has 0 unspecified atom stereocenters. The molecule has 1 aliphatic carbocycles. The van der Waals surface area contributed by atoms with Crippen molar-refractivity contribution in [2.24, 2.45) is 0 Å². The summed E-state index contributed by atoms with van der Waals surface area (Å²) in [5.41, 5.74) is 1.17. The molecule has 0 aliphatic heterocycles. The molecule has 1 aliphatic rings. The Balaban J connectivity index is 2.11. The predicted molar refractivity (Wildman–Crippen MR) is 58.5 cm³/mol. The van der Waals surface area contributed by atoms with Gasteiger partial charge in [-0.15, -0.1) is 11.6 Å². The lowest BCUT2D eigenvalue weighted by Gasteiger charge is -2.17. The van der Waals surface area contributed by atoms with Gasteiger partial charge in [0.1, 0.15) is 0 Å². The summed E-state index contributed by atoms with van der Waals surface area (Å²) in [7, 11) is 0. The summed E-state index contributed by atoms with van der Waals surface area (Å²) in [6.07, 6.45) is 11.9. The molecule has 2 nitrogen and oxygen atoms in total. The van der Waals surface area contributed by atoms with E-state index < -0.39 is 0 Å². The number of imidazole rings is 1. The maximum Gasteiger partial charge on any atom is 0.0951 e. The van der Waals surface area contributed by atoms with Crippen LogP contribution in [-0.4, -0.2) is 9.55 Å². The molecule has 1 heterocycles. The molecule has 3 heteroatoms. The van der Waals surface area contributed by atoms with Crippen molar-refractivity contribution in [1.29, 1.82) is 0 Å². The Morgan fingerprint density at radius 1 is 1.29 bits per heavy atom. The Bertz CT molecular complexity index is 275. The van der Waals surface area contributed by atoms with Gasteiger partial charge in [-0.1, -0.05) is 25.7 Å². The fourth-order valence-corrected chi connectivity index (χ4v) is 2.51. The van der Waals surface area contributed by atoms with Crippen molar-refractivity contribution < 1.29 is 0 Å². The van der Waals surface area contributed by atoms with Crippen LogP contribution >= 0.6 is 11.6 Å². The van der Waals surface area contributed by atoms with Crippen molar-refractivity contribution in [1.82, 2.24) is 9.55 Å². The van der Waals surface area contributed by atoms with E-state index in [9.17, 15) is 0 Å². The summed E-state index contributed by atoms with van der Waals surface area (Å²) >= 11 is 5.87. The van der Waals surface area contributed by atoms with E-state index in [1.807, 2.05) is 12.5 Å². The summed E-state index contributed by atoms with van der Waals surface area (Å²) in [6, 6.07) is 0.647. The van der Waals surface area contributed by atoms with Gasteiger partial charge in [-0.25, -0.2) is 4.98 Å². The van der Waals surface area contributed by atoms with Crippen LogP contribution < -0.4 is 0 Å². The van der Waals surface area contributed by atoms with Gasteiger partial charge in [-0.3, -0.25) is 0 Å². The Morgan fingerprint density at radius 2 is 2.00 bits per heavy atom. The van der Waals surface area contributed by atoms with Gasteiger partial charge in [-0.05, 0) is 12.8 Å². The fraction of sp³-hybridized carbons (Fsp3) is 0.727. The van der Waals surface area contributed by atoms with E-state index >= 15 is 0 Å². The van der Waals surface area contributed by atoms with Crippen LogP contribution in [0.5, 0.6) is 0 Å². The van der Waals surface area contributed by atoms with Gasteiger partial charge < -0.3 is 4.57 Å². The van der Waals surface area contributed by atoms with Gasteiger partial charge in [-0.2, -0.15) is 0 Å². The predicted octanol–water partition coefficient (Wildman–Crippen LogP) is 3.52. The zero-order valence-electron chi connectivity index (χ0n) is 8.45. The fourth-order valence-electron chi connectivity index (χ4n) is 2.30. The summed E-state index contributed by atoms with van der Waals surface area (Å²) in [5.74, 6) is 0.580. The number of hydrogen-bond donors (Lipinski definition) is 0. The second-order valence-corrected chi connectivity index (χ2v) is 4.34. The van der Waals surface area contributed by atoms with Crippen LogP contribution in [0.25, 0.3) is 0 Å². The molecule has 0 amide bonds. The molecule has 0 saturated heterocycles. The standard InChI is InChI=1S/C11H17ClN2/c12-7-11-8-13-9-14(11)10-5-3-1-2-4-6-10/h8-10H,1-7H2. The van der Waals surface area contributed by atoms with E-state index in [1.165, 1.54) is 44.2 Å². The van der Waals surface area contributed by atoms with Crippen molar-refractivity contribution in [3.63, 3.8) is 0 Å². The molecule has 1 saturated carbocycles. The molecule has 78 valence electrons. The van der Waals surface area contributed by atoms with Gasteiger partial charge in [0.25, 0.3) is 0 Å². The van der Waals surface area contributed by atoms with E-state index in [2.05, 4.69) is 9.55 Å². The molecule has 1 aromatic heterocycles. The minimum absolute atomic E-state index is 0.580. The first kappa shape index (κ1) is 10.0. The molecular weight excluding hydrogens is 196 g/mol. The highest BCUT2D eigenvalue weighted by Gasteiger charge is 2.15. The molecule has 0 N–H and O–H groups in total. The third kappa shape index (κ3) is 2.11. The molecule has 1 fully saturated rings. The molecule has 0 spiro atoms. The summed E-state index contributed by atoms with van der Waals surface area (Å²) in [6.45, 7) is 0. The zero-order valence-corrected chi connectivity index (χ0v) is 9.21. The highest BCUT2D eigenvalue weighted by Crippen LogP contribution is 2.28. The van der Waals surface area contributed by atoms with E-state index in [4.69, 9.17) is 11.6 Å². The average molecular weight is 213 g/mol. The largest absolute Gasteiger partial charge is 0.330 e. The van der Waals surface area contributed by atoms with Crippen LogP contribution in [0.2, 0.25) is 0 Å². The lowest BCUT2D eigenvalue weighted by molar-refractivity contribution is 0.435. The second-order valence-electron chi connectivity index (χ2n) is 4.07. The minimum atomic E-state index is 0.580. The minimum Gasteiger partial charge on any atom is -0.330 e. The van der Waals surface area contributed by atoms with Crippen molar-refractivity contribution in [2.75, 3.05) is 0 Å². The third-order valence-electron chi connectivity index (χ3n) is 3.10. The summed E-state index contributed by atoms with van der Waals surface area (Å²) in [5, 5.41) is 0. The third-order valence-corrected chi connectivity index (χ3v) is 3.38. The number of aromatic nitrogens is 2. The molecule has 0 bridgehead atoms. The van der Waals surface area contributed by atoms with E-state index in [0.29, 0.717) is 11.9 Å². The second kappa shape index (κ2) is 4.83. The monoisotopic (exact) mass is 212 g/mol. The molecule has 1 aromatic rings. The van der Waals surface area contributed by atoms with Crippen LogP contribution in [0.3, 0.4) is 0 Å². The van der Waals surface area contributed by atoms with Gasteiger partial charge in [0.05, 0.1) is 17.9 Å². The summed E-state index contributed by atoms with van der Waals surface area (Å²) in [4.78, 5) is 4.18. The van der Waals surface area contributed by atoms with Crippen molar-refractivity contribution in [2.45, 2.75) is 50.4 Å². The maximum atomic E-state index is 5.87. The summed E-state index contributed by atoms with van der Waals surface area (Å²) < 4.78 is 2.28. The van der Waals surface area contributed by atoms with Crippen LogP contribution in [0.4, 0.5) is 0 Å². The first-order valence-corrected chi connectivity index (χ1v) is 6.02. The van der Waals surface area contributed by atoms with Gasteiger partial charge in [0.15, 0.2) is 0 Å². The van der Waals surface area contributed by atoms with Crippen molar-refractivity contribution in [3.05, 3.63) is 18.2 Å².